The Morgan fingerprint density at radius 1 is 1.38 bits per heavy atom. The molecule has 0 radical (unpaired) electrons. The lowest BCUT2D eigenvalue weighted by atomic mass is 10.3. The van der Waals surface area contributed by atoms with Gasteiger partial charge in [-0.15, -0.1) is 0 Å². The van der Waals surface area contributed by atoms with Crippen LogP contribution in [0.1, 0.15) is 11.4 Å². The van der Waals surface area contributed by atoms with Gasteiger partial charge in [-0.1, -0.05) is 11.6 Å². The Bertz CT molecular complexity index is 551. The van der Waals surface area contributed by atoms with Gasteiger partial charge in [0.1, 0.15) is 5.82 Å². The fraction of sp³-hybridized carbons (Fsp3) is 0.182. The SMILES string of the molecule is Cc1nn(-c2ccc(F)c(Cl)c2)c(C)c1Br. The Labute approximate surface area is 106 Å². The number of hydrogen-bond donors (Lipinski definition) is 0. The molecule has 5 heteroatoms. The zero-order valence-electron chi connectivity index (χ0n) is 8.76. The van der Waals surface area contributed by atoms with Crippen molar-refractivity contribution in [1.82, 2.24) is 9.78 Å². The second kappa shape index (κ2) is 4.18. The van der Waals surface area contributed by atoms with E-state index in [1.807, 2.05) is 13.8 Å². The molecule has 0 saturated heterocycles. The van der Waals surface area contributed by atoms with Crippen LogP contribution < -0.4 is 0 Å². The molecule has 2 rings (SSSR count). The van der Waals surface area contributed by atoms with Crippen molar-refractivity contribution < 1.29 is 4.39 Å². The molecule has 0 saturated carbocycles. The van der Waals surface area contributed by atoms with Gasteiger partial charge in [-0.25, -0.2) is 9.07 Å². The van der Waals surface area contributed by atoms with Gasteiger partial charge < -0.3 is 0 Å². The van der Waals surface area contributed by atoms with Crippen LogP contribution in [0.4, 0.5) is 4.39 Å². The first kappa shape index (κ1) is 11.6. The first-order valence-corrected chi connectivity index (χ1v) is 5.85. The summed E-state index contributed by atoms with van der Waals surface area (Å²) in [5, 5.41) is 4.44. The molecule has 0 N–H and O–H groups in total. The molecular formula is C11H9BrClFN2. The molecule has 84 valence electrons. The highest BCUT2D eigenvalue weighted by atomic mass is 79.9. The van der Waals surface area contributed by atoms with Crippen LogP contribution in [0.15, 0.2) is 22.7 Å². The van der Waals surface area contributed by atoms with Gasteiger partial charge in [0.15, 0.2) is 0 Å². The summed E-state index contributed by atoms with van der Waals surface area (Å²) in [6.07, 6.45) is 0. The van der Waals surface area contributed by atoms with Crippen LogP contribution >= 0.6 is 27.5 Å². The second-order valence-electron chi connectivity index (χ2n) is 3.50. The van der Waals surface area contributed by atoms with Crippen LogP contribution in [0, 0.1) is 19.7 Å². The number of halogens is 3. The maximum absolute atomic E-state index is 13.0. The number of rotatable bonds is 1. The van der Waals surface area contributed by atoms with Crippen LogP contribution in [-0.4, -0.2) is 9.78 Å². The third-order valence-electron chi connectivity index (χ3n) is 2.35. The lowest BCUT2D eigenvalue weighted by Gasteiger charge is -2.05. The molecule has 1 heterocycles. The number of aryl methyl sites for hydroxylation is 1. The topological polar surface area (TPSA) is 17.8 Å². The molecule has 0 aliphatic heterocycles. The average molecular weight is 304 g/mol. The van der Waals surface area contributed by atoms with Crippen molar-refractivity contribution in [2.45, 2.75) is 13.8 Å². The van der Waals surface area contributed by atoms with Gasteiger partial charge in [-0.05, 0) is 48.0 Å². The van der Waals surface area contributed by atoms with E-state index in [1.54, 1.807) is 16.8 Å². The van der Waals surface area contributed by atoms with E-state index >= 15 is 0 Å². The van der Waals surface area contributed by atoms with Crippen molar-refractivity contribution in [2.24, 2.45) is 0 Å². The average Bonchev–Trinajstić information content (AvgIpc) is 2.50. The third kappa shape index (κ3) is 1.87. The predicted octanol–water partition coefficient (Wildman–Crippen LogP) is 4.04. The Morgan fingerprint density at radius 2 is 2.06 bits per heavy atom. The van der Waals surface area contributed by atoms with Crippen molar-refractivity contribution >= 4 is 27.5 Å². The van der Waals surface area contributed by atoms with Crippen molar-refractivity contribution in [1.29, 1.82) is 0 Å². The van der Waals surface area contributed by atoms with Gasteiger partial charge in [0.25, 0.3) is 0 Å². The molecule has 0 aliphatic rings. The Kier molecular flexibility index (Phi) is 3.04. The highest BCUT2D eigenvalue weighted by molar-refractivity contribution is 9.10. The van der Waals surface area contributed by atoms with E-state index in [0.29, 0.717) is 0 Å². The molecule has 0 fully saturated rings. The molecule has 0 bridgehead atoms. The largest absolute Gasteiger partial charge is 0.237 e. The quantitative estimate of drug-likeness (QED) is 0.777. The molecule has 2 nitrogen and oxygen atoms in total. The van der Waals surface area contributed by atoms with E-state index in [2.05, 4.69) is 21.0 Å². The van der Waals surface area contributed by atoms with Crippen LogP contribution in [-0.2, 0) is 0 Å². The minimum absolute atomic E-state index is 0.0983. The fourth-order valence-electron chi connectivity index (χ4n) is 1.49. The molecular weight excluding hydrogens is 294 g/mol. The smallest absolute Gasteiger partial charge is 0.141 e. The minimum Gasteiger partial charge on any atom is -0.237 e. The van der Waals surface area contributed by atoms with Gasteiger partial charge in [0, 0.05) is 0 Å². The van der Waals surface area contributed by atoms with Crippen molar-refractivity contribution in [2.75, 3.05) is 0 Å². The summed E-state index contributed by atoms with van der Waals surface area (Å²) in [4.78, 5) is 0. The van der Waals surface area contributed by atoms with E-state index in [4.69, 9.17) is 11.6 Å². The predicted molar refractivity (Wildman–Crippen MR) is 65.7 cm³/mol. The first-order chi connectivity index (χ1) is 7.50. The standard InChI is InChI=1S/C11H9BrClFN2/c1-6-11(12)7(2)16(15-6)8-3-4-10(14)9(13)5-8/h3-5H,1-2H3. The van der Waals surface area contributed by atoms with Gasteiger partial charge >= 0.3 is 0 Å². The molecule has 2 aromatic rings. The van der Waals surface area contributed by atoms with E-state index in [9.17, 15) is 4.39 Å². The maximum Gasteiger partial charge on any atom is 0.141 e. The summed E-state index contributed by atoms with van der Waals surface area (Å²) in [5.74, 6) is -0.425. The molecule has 1 aromatic carbocycles. The summed E-state index contributed by atoms with van der Waals surface area (Å²) >= 11 is 9.17. The Hall–Kier alpha value is -0.870. The van der Waals surface area contributed by atoms with Gasteiger partial charge in [0.05, 0.1) is 26.6 Å². The van der Waals surface area contributed by atoms with Crippen LogP contribution in [0.2, 0.25) is 5.02 Å². The van der Waals surface area contributed by atoms with E-state index < -0.39 is 5.82 Å². The zero-order chi connectivity index (χ0) is 11.9. The number of nitrogens with zero attached hydrogens (tertiary/aromatic N) is 2. The van der Waals surface area contributed by atoms with Crippen LogP contribution in [0.5, 0.6) is 0 Å². The number of hydrogen-bond acceptors (Lipinski definition) is 1. The summed E-state index contributed by atoms with van der Waals surface area (Å²) < 4.78 is 15.7. The summed E-state index contributed by atoms with van der Waals surface area (Å²) in [5.41, 5.74) is 2.59. The van der Waals surface area contributed by atoms with Crippen molar-refractivity contribution in [3.63, 3.8) is 0 Å². The zero-order valence-corrected chi connectivity index (χ0v) is 11.1. The third-order valence-corrected chi connectivity index (χ3v) is 3.79. The van der Waals surface area contributed by atoms with Gasteiger partial charge in [-0.2, -0.15) is 5.10 Å². The van der Waals surface area contributed by atoms with Crippen LogP contribution in [0.25, 0.3) is 5.69 Å². The molecule has 0 atom stereocenters. The lowest BCUT2D eigenvalue weighted by Crippen LogP contribution is -1.99. The normalized spacial score (nSPS) is 10.8. The molecule has 1 aromatic heterocycles. The molecule has 16 heavy (non-hydrogen) atoms. The molecule has 0 unspecified atom stereocenters. The van der Waals surface area contributed by atoms with E-state index in [-0.39, 0.29) is 5.02 Å². The van der Waals surface area contributed by atoms with Crippen LogP contribution in [0.3, 0.4) is 0 Å². The summed E-state index contributed by atoms with van der Waals surface area (Å²) in [7, 11) is 0. The fourth-order valence-corrected chi connectivity index (χ4v) is 1.91. The second-order valence-corrected chi connectivity index (χ2v) is 4.70. The number of benzene rings is 1. The monoisotopic (exact) mass is 302 g/mol. The first-order valence-electron chi connectivity index (χ1n) is 4.68. The molecule has 0 spiro atoms. The number of aromatic nitrogens is 2. The van der Waals surface area contributed by atoms with Crippen molar-refractivity contribution in [3.8, 4) is 5.69 Å². The molecule has 0 aliphatic carbocycles. The van der Waals surface area contributed by atoms with Gasteiger partial charge in [0.2, 0.25) is 0 Å². The Balaban J connectivity index is 2.59. The maximum atomic E-state index is 13.0. The highest BCUT2D eigenvalue weighted by Gasteiger charge is 2.11. The Morgan fingerprint density at radius 3 is 2.56 bits per heavy atom. The lowest BCUT2D eigenvalue weighted by molar-refractivity contribution is 0.627. The van der Waals surface area contributed by atoms with E-state index in [1.165, 1.54) is 6.07 Å². The highest BCUT2D eigenvalue weighted by Crippen LogP contribution is 2.25. The van der Waals surface area contributed by atoms with Gasteiger partial charge in [-0.3, -0.25) is 0 Å². The summed E-state index contributed by atoms with van der Waals surface area (Å²) in [6.45, 7) is 3.83. The van der Waals surface area contributed by atoms with E-state index in [0.717, 1.165) is 21.5 Å². The summed E-state index contributed by atoms with van der Waals surface area (Å²) in [6, 6.07) is 4.54. The van der Waals surface area contributed by atoms with Crippen molar-refractivity contribution in [3.05, 3.63) is 44.9 Å². The minimum atomic E-state index is -0.425. The molecule has 0 amide bonds.